The summed E-state index contributed by atoms with van der Waals surface area (Å²) in [6.07, 6.45) is 3.62. The van der Waals surface area contributed by atoms with E-state index >= 15 is 0 Å². The smallest absolute Gasteiger partial charge is 0.407 e. The van der Waals surface area contributed by atoms with Crippen molar-refractivity contribution in [1.82, 2.24) is 5.32 Å². The van der Waals surface area contributed by atoms with Crippen molar-refractivity contribution < 1.29 is 32.8 Å². The number of hydrogen-bond acceptors (Lipinski definition) is 7. The fourth-order valence-corrected chi connectivity index (χ4v) is 3.50. The van der Waals surface area contributed by atoms with Crippen LogP contribution in [0.4, 0.5) is 4.79 Å². The normalized spacial score (nSPS) is 26.9. The van der Waals surface area contributed by atoms with E-state index in [9.17, 15) is 14.3 Å². The van der Waals surface area contributed by atoms with Gasteiger partial charge in [-0.05, 0) is 30.6 Å². The zero-order valence-corrected chi connectivity index (χ0v) is 15.3. The van der Waals surface area contributed by atoms with Crippen molar-refractivity contribution >= 4 is 13.9 Å². The molecule has 0 aromatic carbocycles. The zero-order valence-electron chi connectivity index (χ0n) is 14.4. The third-order valence-electron chi connectivity index (χ3n) is 4.46. The SMILES string of the molecule is COP(=O)([O-])OCCOCCNC(=O)OCC1[C@H]2CCC#CCC[C@@H]12. The van der Waals surface area contributed by atoms with Crippen LogP contribution in [0.1, 0.15) is 25.7 Å². The molecule has 2 unspecified atom stereocenters. The van der Waals surface area contributed by atoms with Gasteiger partial charge in [-0.1, -0.05) is 0 Å². The first kappa shape index (κ1) is 20.2. The minimum atomic E-state index is -4.20. The Kier molecular flexibility index (Phi) is 8.20. The Hall–Kier alpha value is -1.10. The second kappa shape index (κ2) is 10.1. The number of phosphoric ester groups is 1. The van der Waals surface area contributed by atoms with Crippen molar-refractivity contribution in [2.45, 2.75) is 25.7 Å². The lowest BCUT2D eigenvalue weighted by Crippen LogP contribution is -2.29. The van der Waals surface area contributed by atoms with E-state index < -0.39 is 13.9 Å². The van der Waals surface area contributed by atoms with Crippen molar-refractivity contribution in [2.24, 2.45) is 17.8 Å². The van der Waals surface area contributed by atoms with Crippen LogP contribution in [-0.2, 0) is 23.1 Å². The largest absolute Gasteiger partial charge is 0.756 e. The Morgan fingerprint density at radius 3 is 2.52 bits per heavy atom. The van der Waals surface area contributed by atoms with E-state index in [4.69, 9.17) is 9.47 Å². The number of alkyl carbamates (subject to hydrolysis) is 1. The molecule has 2 aliphatic carbocycles. The van der Waals surface area contributed by atoms with Crippen LogP contribution in [0, 0.1) is 29.6 Å². The Balaban J connectivity index is 1.45. The summed E-state index contributed by atoms with van der Waals surface area (Å²) in [5.41, 5.74) is 0. The number of carbonyl (C=O) groups is 1. The van der Waals surface area contributed by atoms with Gasteiger partial charge in [-0.15, -0.1) is 11.8 Å². The second-order valence-corrected chi connectivity index (χ2v) is 7.54. The van der Waals surface area contributed by atoms with Gasteiger partial charge in [-0.3, -0.25) is 4.57 Å². The molecule has 0 spiro atoms. The summed E-state index contributed by atoms with van der Waals surface area (Å²) in [5, 5.41) is 2.60. The summed E-state index contributed by atoms with van der Waals surface area (Å²) >= 11 is 0. The first-order valence-electron chi connectivity index (χ1n) is 8.49. The van der Waals surface area contributed by atoms with E-state index in [2.05, 4.69) is 26.2 Å². The van der Waals surface area contributed by atoms with Crippen LogP contribution in [0.2, 0.25) is 0 Å². The number of ether oxygens (including phenoxy) is 2. The first-order valence-corrected chi connectivity index (χ1v) is 9.95. The van der Waals surface area contributed by atoms with Gasteiger partial charge in [0.05, 0.1) is 26.4 Å². The number of fused-ring (bicyclic) bond motifs is 1. The van der Waals surface area contributed by atoms with Crippen LogP contribution >= 0.6 is 7.82 Å². The average molecular weight is 374 g/mol. The molecule has 0 bridgehead atoms. The van der Waals surface area contributed by atoms with Crippen molar-refractivity contribution in [3.63, 3.8) is 0 Å². The molecule has 1 saturated carbocycles. The monoisotopic (exact) mass is 374 g/mol. The molecule has 0 aliphatic heterocycles. The van der Waals surface area contributed by atoms with E-state index in [1.165, 1.54) is 0 Å². The summed E-state index contributed by atoms with van der Waals surface area (Å²) in [7, 11) is -3.18. The number of hydrogen-bond donors (Lipinski definition) is 1. The highest BCUT2D eigenvalue weighted by Gasteiger charge is 2.49. The number of rotatable bonds is 10. The van der Waals surface area contributed by atoms with Crippen LogP contribution in [0.25, 0.3) is 0 Å². The molecular formula is C16H25NO7P-. The van der Waals surface area contributed by atoms with Gasteiger partial charge in [-0.2, -0.15) is 0 Å². The lowest BCUT2D eigenvalue weighted by Gasteiger charge is -2.19. The molecule has 0 saturated heterocycles. The molecule has 1 N–H and O–H groups in total. The quantitative estimate of drug-likeness (QED) is 0.349. The van der Waals surface area contributed by atoms with Gasteiger partial charge in [0.25, 0.3) is 7.82 Å². The fourth-order valence-electron chi connectivity index (χ4n) is 3.09. The number of amides is 1. The zero-order chi connectivity index (χ0) is 18.1. The van der Waals surface area contributed by atoms with E-state index in [0.29, 0.717) is 24.4 Å². The standard InChI is InChI=1S/C16H26NO7P/c1-21-25(19,20)24-11-10-22-9-8-17-16(18)23-12-15-13-6-4-2-3-5-7-14(13)15/h13-15H,4-12H2,1H3,(H,17,18)(H,19,20)/p-1/t13-,14+,15?. The maximum atomic E-state index is 11.6. The van der Waals surface area contributed by atoms with Gasteiger partial charge in [0.1, 0.15) is 0 Å². The van der Waals surface area contributed by atoms with Gasteiger partial charge in [0, 0.05) is 26.5 Å². The summed E-state index contributed by atoms with van der Waals surface area (Å²) in [6.45, 7) is 0.919. The molecule has 0 heterocycles. The van der Waals surface area contributed by atoms with Crippen LogP contribution in [0.15, 0.2) is 0 Å². The van der Waals surface area contributed by atoms with Crippen LogP contribution in [0.5, 0.6) is 0 Å². The Morgan fingerprint density at radius 1 is 1.20 bits per heavy atom. The molecule has 1 fully saturated rings. The third-order valence-corrected chi connectivity index (χ3v) is 5.41. The molecule has 1 amide bonds. The molecule has 4 atom stereocenters. The molecule has 0 aromatic rings. The van der Waals surface area contributed by atoms with E-state index in [-0.39, 0.29) is 26.4 Å². The van der Waals surface area contributed by atoms with Crippen molar-refractivity contribution in [3.05, 3.63) is 0 Å². The molecule has 0 radical (unpaired) electrons. The van der Waals surface area contributed by atoms with E-state index in [1.54, 1.807) is 0 Å². The lowest BCUT2D eigenvalue weighted by molar-refractivity contribution is -0.223. The van der Waals surface area contributed by atoms with Crippen molar-refractivity contribution in [2.75, 3.05) is 40.1 Å². The summed E-state index contributed by atoms with van der Waals surface area (Å²) in [4.78, 5) is 22.5. The van der Waals surface area contributed by atoms with Gasteiger partial charge in [0.15, 0.2) is 0 Å². The minimum Gasteiger partial charge on any atom is -0.756 e. The number of phosphoric acid groups is 1. The molecule has 25 heavy (non-hydrogen) atoms. The predicted octanol–water partition coefficient (Wildman–Crippen LogP) is 1.30. The molecule has 142 valence electrons. The maximum absolute atomic E-state index is 11.6. The minimum absolute atomic E-state index is 0.0832. The molecule has 9 heteroatoms. The number of carbonyl (C=O) groups excluding carboxylic acids is 1. The molecule has 8 nitrogen and oxygen atoms in total. The highest BCUT2D eigenvalue weighted by molar-refractivity contribution is 7.45. The molecule has 2 rings (SSSR count). The molecular weight excluding hydrogens is 349 g/mol. The summed E-state index contributed by atoms with van der Waals surface area (Å²) in [5.74, 6) is 8.07. The highest BCUT2D eigenvalue weighted by atomic mass is 31.2. The van der Waals surface area contributed by atoms with Gasteiger partial charge >= 0.3 is 6.09 Å². The van der Waals surface area contributed by atoms with Crippen LogP contribution < -0.4 is 10.2 Å². The van der Waals surface area contributed by atoms with Crippen LogP contribution in [0.3, 0.4) is 0 Å². The van der Waals surface area contributed by atoms with Crippen molar-refractivity contribution in [3.8, 4) is 11.8 Å². The third kappa shape index (κ3) is 7.35. The molecule has 0 aromatic heterocycles. The highest BCUT2D eigenvalue weighted by Crippen LogP contribution is 2.52. The fraction of sp³-hybridized carbons (Fsp3) is 0.812. The van der Waals surface area contributed by atoms with E-state index in [1.807, 2.05) is 0 Å². The van der Waals surface area contributed by atoms with Crippen LogP contribution in [-0.4, -0.2) is 46.2 Å². The maximum Gasteiger partial charge on any atom is 0.407 e. The second-order valence-electron chi connectivity index (χ2n) is 6.02. The lowest BCUT2D eigenvalue weighted by atomic mass is 10.1. The Morgan fingerprint density at radius 2 is 1.88 bits per heavy atom. The Bertz CT molecular complexity index is 526. The van der Waals surface area contributed by atoms with Gasteiger partial charge in [-0.25, -0.2) is 4.79 Å². The Labute approximate surface area is 148 Å². The van der Waals surface area contributed by atoms with Crippen molar-refractivity contribution in [1.29, 1.82) is 0 Å². The van der Waals surface area contributed by atoms with Gasteiger partial charge < -0.3 is 28.7 Å². The number of nitrogens with one attached hydrogen (secondary N) is 1. The summed E-state index contributed by atoms with van der Waals surface area (Å²) in [6, 6.07) is 0. The average Bonchev–Trinajstić information content (AvgIpc) is 3.21. The summed E-state index contributed by atoms with van der Waals surface area (Å²) < 4.78 is 29.9. The van der Waals surface area contributed by atoms with Gasteiger partial charge in [0.2, 0.25) is 0 Å². The predicted molar refractivity (Wildman–Crippen MR) is 87.5 cm³/mol. The topological polar surface area (TPSA) is 106 Å². The first-order chi connectivity index (χ1) is 12.0. The molecule has 2 aliphatic rings. The van der Waals surface area contributed by atoms with E-state index in [0.717, 1.165) is 32.8 Å².